The first-order valence-electron chi connectivity index (χ1n) is 8.96. The quantitative estimate of drug-likeness (QED) is 0.848. The number of aromatic nitrogens is 2. The van der Waals surface area contributed by atoms with E-state index >= 15 is 0 Å². The van der Waals surface area contributed by atoms with Crippen molar-refractivity contribution in [1.82, 2.24) is 15.3 Å². The lowest BCUT2D eigenvalue weighted by Crippen LogP contribution is -2.34. The number of carbonyl (C=O) groups excluding carboxylic acids is 1. The molecule has 25 heavy (non-hydrogen) atoms. The summed E-state index contributed by atoms with van der Waals surface area (Å²) in [5.41, 5.74) is 3.18. The molecule has 5 nitrogen and oxygen atoms in total. The minimum Gasteiger partial charge on any atom is -0.461 e. The highest BCUT2D eigenvalue weighted by Gasteiger charge is 2.52. The maximum atomic E-state index is 12.0. The lowest BCUT2D eigenvalue weighted by atomic mass is 9.67. The maximum absolute atomic E-state index is 12.0. The molecule has 130 valence electrons. The van der Waals surface area contributed by atoms with Crippen LogP contribution in [0.2, 0.25) is 0 Å². The van der Waals surface area contributed by atoms with Crippen LogP contribution in [0.4, 0.5) is 0 Å². The summed E-state index contributed by atoms with van der Waals surface area (Å²) in [7, 11) is 0. The smallest absolute Gasteiger partial charge is 0.312 e. The van der Waals surface area contributed by atoms with Gasteiger partial charge in [0.2, 0.25) is 0 Å². The van der Waals surface area contributed by atoms with Crippen LogP contribution >= 0.6 is 0 Å². The number of hydrogen-bond acceptors (Lipinski definition) is 5. The number of rotatable bonds is 5. The third-order valence-corrected chi connectivity index (χ3v) is 5.59. The average molecular weight is 337 g/mol. The van der Waals surface area contributed by atoms with Gasteiger partial charge in [-0.3, -0.25) is 4.79 Å². The fraction of sp³-hybridized carbons (Fsp3) is 0.450. The first-order chi connectivity index (χ1) is 12.2. The number of nitrogens with zero attached hydrogens (tertiary/aromatic N) is 2. The SMILES string of the molecule is C[C@H](NC[C@@H]1CC2(CCC2)C(=O)O1)c1ccc(-c2cncnc2)cc1. The van der Waals surface area contributed by atoms with Crippen molar-refractivity contribution in [3.05, 3.63) is 48.5 Å². The molecule has 2 atom stereocenters. The minimum absolute atomic E-state index is 0.0102. The Bertz CT molecular complexity index is 741. The van der Waals surface area contributed by atoms with Gasteiger partial charge in [-0.25, -0.2) is 9.97 Å². The molecular formula is C20H23N3O2. The van der Waals surface area contributed by atoms with Gasteiger partial charge >= 0.3 is 5.97 Å². The molecule has 1 N–H and O–H groups in total. The van der Waals surface area contributed by atoms with Gasteiger partial charge in [-0.1, -0.05) is 30.7 Å². The van der Waals surface area contributed by atoms with Crippen molar-refractivity contribution in [2.45, 2.75) is 44.8 Å². The lowest BCUT2D eigenvalue weighted by molar-refractivity contribution is -0.152. The van der Waals surface area contributed by atoms with Crippen molar-refractivity contribution >= 4 is 5.97 Å². The van der Waals surface area contributed by atoms with Crippen LogP contribution in [0, 0.1) is 5.41 Å². The molecule has 2 aliphatic rings. The topological polar surface area (TPSA) is 64.1 Å². The second kappa shape index (κ2) is 6.56. The third-order valence-electron chi connectivity index (χ3n) is 5.59. The molecule has 2 heterocycles. The first kappa shape index (κ1) is 16.2. The van der Waals surface area contributed by atoms with Crippen molar-refractivity contribution in [2.75, 3.05) is 6.54 Å². The number of benzene rings is 1. The van der Waals surface area contributed by atoms with Crippen molar-refractivity contribution < 1.29 is 9.53 Å². The van der Waals surface area contributed by atoms with E-state index in [1.807, 2.05) is 12.4 Å². The predicted octanol–water partition coefficient (Wildman–Crippen LogP) is 3.28. The minimum atomic E-state index is -0.144. The van der Waals surface area contributed by atoms with Gasteiger partial charge in [-0.15, -0.1) is 0 Å². The van der Waals surface area contributed by atoms with Crippen molar-refractivity contribution in [1.29, 1.82) is 0 Å². The number of nitrogens with one attached hydrogen (secondary N) is 1. The molecule has 1 saturated heterocycles. The van der Waals surface area contributed by atoms with Crippen LogP contribution in [0.15, 0.2) is 43.0 Å². The van der Waals surface area contributed by atoms with E-state index in [1.54, 1.807) is 0 Å². The van der Waals surface area contributed by atoms with Gasteiger partial charge in [0.1, 0.15) is 12.4 Å². The van der Waals surface area contributed by atoms with E-state index in [2.05, 4.69) is 46.5 Å². The molecule has 2 aromatic rings. The molecule has 0 radical (unpaired) electrons. The van der Waals surface area contributed by atoms with Crippen LogP contribution < -0.4 is 5.32 Å². The van der Waals surface area contributed by atoms with Crippen LogP contribution in [0.1, 0.15) is 44.2 Å². The zero-order chi connectivity index (χ0) is 17.3. The summed E-state index contributed by atoms with van der Waals surface area (Å²) in [6, 6.07) is 8.62. The van der Waals surface area contributed by atoms with E-state index in [1.165, 1.54) is 11.9 Å². The van der Waals surface area contributed by atoms with Crippen LogP contribution in [0.25, 0.3) is 11.1 Å². The van der Waals surface area contributed by atoms with Gasteiger partial charge in [0.15, 0.2) is 0 Å². The zero-order valence-corrected chi connectivity index (χ0v) is 14.4. The summed E-state index contributed by atoms with van der Waals surface area (Å²) in [4.78, 5) is 20.1. The van der Waals surface area contributed by atoms with Crippen LogP contribution in [-0.2, 0) is 9.53 Å². The second-order valence-electron chi connectivity index (χ2n) is 7.24. The standard InChI is InChI=1S/C20H23N3O2/c1-14(23-12-18-9-20(7-2-8-20)19(24)25-18)15-3-5-16(6-4-15)17-10-21-13-22-11-17/h3-6,10-11,13-14,18,23H,2,7-9,12H2,1H3/t14-,18-/m0/s1. The van der Waals surface area contributed by atoms with Crippen molar-refractivity contribution in [3.8, 4) is 11.1 Å². The normalized spacial score (nSPS) is 22.4. The highest BCUT2D eigenvalue weighted by atomic mass is 16.6. The molecular weight excluding hydrogens is 314 g/mol. The number of hydrogen-bond donors (Lipinski definition) is 1. The average Bonchev–Trinajstić information content (AvgIpc) is 2.97. The predicted molar refractivity (Wildman–Crippen MR) is 94.7 cm³/mol. The summed E-state index contributed by atoms with van der Waals surface area (Å²) in [6.07, 6.45) is 9.21. The summed E-state index contributed by atoms with van der Waals surface area (Å²) in [5, 5.41) is 3.50. The molecule has 1 aromatic carbocycles. The van der Waals surface area contributed by atoms with Crippen LogP contribution in [-0.4, -0.2) is 28.6 Å². The van der Waals surface area contributed by atoms with E-state index in [9.17, 15) is 4.79 Å². The third kappa shape index (κ3) is 3.16. The largest absolute Gasteiger partial charge is 0.461 e. The Morgan fingerprint density at radius 1 is 1.20 bits per heavy atom. The Hall–Kier alpha value is -2.27. The Morgan fingerprint density at radius 3 is 2.52 bits per heavy atom. The Kier molecular flexibility index (Phi) is 4.25. The Labute approximate surface area is 147 Å². The molecule has 0 bridgehead atoms. The van der Waals surface area contributed by atoms with E-state index in [4.69, 9.17) is 4.74 Å². The summed E-state index contributed by atoms with van der Waals surface area (Å²) >= 11 is 0. The highest BCUT2D eigenvalue weighted by molar-refractivity contribution is 5.80. The van der Waals surface area contributed by atoms with Gasteiger partial charge in [0.25, 0.3) is 0 Å². The molecule has 1 aliphatic heterocycles. The van der Waals surface area contributed by atoms with Gasteiger partial charge in [0.05, 0.1) is 5.41 Å². The van der Waals surface area contributed by atoms with Gasteiger partial charge < -0.3 is 10.1 Å². The fourth-order valence-electron chi connectivity index (χ4n) is 3.80. The monoisotopic (exact) mass is 337 g/mol. The van der Waals surface area contributed by atoms with Crippen molar-refractivity contribution in [3.63, 3.8) is 0 Å². The van der Waals surface area contributed by atoms with Crippen molar-refractivity contribution in [2.24, 2.45) is 5.41 Å². The summed E-state index contributed by atoms with van der Waals surface area (Å²) in [6.45, 7) is 2.85. The van der Waals surface area contributed by atoms with E-state index in [0.29, 0.717) is 6.54 Å². The zero-order valence-electron chi connectivity index (χ0n) is 14.4. The molecule has 2 fully saturated rings. The molecule has 1 aliphatic carbocycles. The van der Waals surface area contributed by atoms with Crippen LogP contribution in [0.3, 0.4) is 0 Å². The van der Waals surface area contributed by atoms with Crippen LogP contribution in [0.5, 0.6) is 0 Å². The summed E-state index contributed by atoms with van der Waals surface area (Å²) in [5.74, 6) is 0.0210. The number of carbonyl (C=O) groups is 1. The second-order valence-corrected chi connectivity index (χ2v) is 7.24. The number of ether oxygens (including phenoxy) is 1. The molecule has 1 spiro atoms. The molecule has 4 rings (SSSR count). The molecule has 5 heteroatoms. The number of esters is 1. The molecule has 1 saturated carbocycles. The fourth-order valence-corrected chi connectivity index (χ4v) is 3.80. The van der Waals surface area contributed by atoms with E-state index in [0.717, 1.165) is 36.8 Å². The van der Waals surface area contributed by atoms with Gasteiger partial charge in [-0.05, 0) is 30.9 Å². The van der Waals surface area contributed by atoms with Gasteiger partial charge in [-0.2, -0.15) is 0 Å². The molecule has 0 amide bonds. The molecule has 1 aromatic heterocycles. The van der Waals surface area contributed by atoms with E-state index in [-0.39, 0.29) is 23.5 Å². The molecule has 0 unspecified atom stereocenters. The highest BCUT2D eigenvalue weighted by Crippen LogP contribution is 2.50. The maximum Gasteiger partial charge on any atom is 0.312 e. The van der Waals surface area contributed by atoms with E-state index < -0.39 is 0 Å². The number of cyclic esters (lactones) is 1. The van der Waals surface area contributed by atoms with Gasteiger partial charge in [0, 0.05) is 37.0 Å². The Balaban J connectivity index is 1.34. The summed E-state index contributed by atoms with van der Waals surface area (Å²) < 4.78 is 5.57. The first-order valence-corrected chi connectivity index (χ1v) is 8.96. The lowest BCUT2D eigenvalue weighted by Gasteiger charge is -2.33. The Morgan fingerprint density at radius 2 is 1.92 bits per heavy atom.